The molecule has 3 heteroatoms. The van der Waals surface area contributed by atoms with Gasteiger partial charge in [-0.05, 0) is 57.7 Å². The van der Waals surface area contributed by atoms with Crippen molar-refractivity contribution in [1.82, 2.24) is 0 Å². The summed E-state index contributed by atoms with van der Waals surface area (Å²) in [7, 11) is 1.27. The van der Waals surface area contributed by atoms with Crippen molar-refractivity contribution in [3.05, 3.63) is 163 Å². The van der Waals surface area contributed by atoms with Gasteiger partial charge in [0.15, 0.2) is 0 Å². The van der Waals surface area contributed by atoms with Crippen LogP contribution >= 0.6 is 0 Å². The molecule has 0 aromatic heterocycles. The van der Waals surface area contributed by atoms with Gasteiger partial charge in [0, 0.05) is 14.4 Å². The average Bonchev–Trinajstić information content (AvgIpc) is 3.74. The molecule has 2 radical (unpaired) electrons. The van der Waals surface area contributed by atoms with E-state index in [1.165, 1.54) is 105 Å². The third-order valence-corrected chi connectivity index (χ3v) is 13.6. The van der Waals surface area contributed by atoms with Gasteiger partial charge in [-0.2, -0.15) is 6.07 Å². The SMILES string of the molecule is CCCc1cc2c(-c3ccc(OC)c(C(C)C)c3C(C)C)cccc2[c-]1[Si](C)C.[CH2-]C1(CCCCCC)C(c2ccccc2-c2ccccc2)=Cc2ccccc21.[CH3-].[Zr+3]. The second-order valence-corrected chi connectivity index (χ2v) is 19.5. The fourth-order valence-corrected chi connectivity index (χ4v) is 11.0. The van der Waals surface area contributed by atoms with Crippen molar-refractivity contribution in [3.8, 4) is 28.0 Å². The van der Waals surface area contributed by atoms with E-state index in [1.54, 1.807) is 17.9 Å². The number of hydrogen-bond acceptors (Lipinski definition) is 1. The van der Waals surface area contributed by atoms with Crippen molar-refractivity contribution < 1.29 is 30.9 Å². The molecular formula is C56H68OSiZr. The number of methoxy groups -OCH3 is 1. The van der Waals surface area contributed by atoms with Crippen LogP contribution in [0.1, 0.15) is 125 Å². The molecule has 0 aliphatic heterocycles. The van der Waals surface area contributed by atoms with Crippen LogP contribution in [-0.4, -0.2) is 15.9 Å². The predicted octanol–water partition coefficient (Wildman–Crippen LogP) is 15.8. The van der Waals surface area contributed by atoms with Crippen LogP contribution in [0.3, 0.4) is 0 Å². The standard InChI is InChI=1S/C28H29.C27H36OSi.CH3.Zr/c1-3-4-5-13-20-28(2)26-19-12-9-16-23(26)21-27(28)25-18-11-10-17-24(25)22-14-7-6-8-15-22;1-9-11-19-16-23-20(12-10-13-22(23)27(19)29(7)8)21-14-15-24(28-6)26(18(4)5)25(21)17(2)3;;/h6-12,14-19,21H,2-5,13,20H2,1H3;10,12-18H,9,11H2,1-8H3;1H3;/q3*-1;+3. The summed E-state index contributed by atoms with van der Waals surface area (Å²) < 4.78 is 5.77. The van der Waals surface area contributed by atoms with E-state index in [4.69, 9.17) is 11.7 Å². The van der Waals surface area contributed by atoms with E-state index in [-0.39, 0.29) is 39.0 Å². The van der Waals surface area contributed by atoms with Crippen LogP contribution in [0, 0.1) is 14.4 Å². The molecule has 6 aromatic rings. The number of allylic oxidation sites excluding steroid dienone is 1. The van der Waals surface area contributed by atoms with Gasteiger partial charge in [-0.1, -0.05) is 207 Å². The first-order chi connectivity index (χ1) is 27.5. The summed E-state index contributed by atoms with van der Waals surface area (Å²) in [5, 5.41) is 4.54. The van der Waals surface area contributed by atoms with Crippen molar-refractivity contribution in [1.29, 1.82) is 0 Å². The Hall–Kier alpha value is -3.65. The minimum Gasteiger partial charge on any atom is -0.496 e. The molecule has 306 valence electrons. The monoisotopic (exact) mass is 874 g/mol. The molecule has 0 heterocycles. The second kappa shape index (κ2) is 21.7. The molecule has 6 aromatic carbocycles. The van der Waals surface area contributed by atoms with E-state index in [2.05, 4.69) is 176 Å². The predicted molar refractivity (Wildman–Crippen MR) is 259 cm³/mol. The molecule has 0 fully saturated rings. The Kier molecular flexibility index (Phi) is 17.7. The maximum Gasteiger partial charge on any atom is 3.00 e. The van der Waals surface area contributed by atoms with Crippen LogP contribution in [0.15, 0.2) is 115 Å². The van der Waals surface area contributed by atoms with Gasteiger partial charge >= 0.3 is 26.2 Å². The molecule has 1 nitrogen and oxygen atoms in total. The zero-order valence-electron chi connectivity index (χ0n) is 37.8. The Balaban J connectivity index is 0.000000252. The fourth-order valence-electron chi connectivity index (χ4n) is 9.44. The minimum atomic E-state index is -0.522. The van der Waals surface area contributed by atoms with Gasteiger partial charge in [0.1, 0.15) is 5.75 Å². The van der Waals surface area contributed by atoms with Gasteiger partial charge in [0.05, 0.1) is 7.11 Å². The van der Waals surface area contributed by atoms with Crippen LogP contribution in [0.5, 0.6) is 5.75 Å². The van der Waals surface area contributed by atoms with Gasteiger partial charge in [-0.3, -0.25) is 0 Å². The molecule has 0 bridgehead atoms. The first kappa shape index (κ1) is 48.0. The number of fused-ring (bicyclic) bond motifs is 2. The molecule has 0 spiro atoms. The van der Waals surface area contributed by atoms with Crippen molar-refractivity contribution in [3.63, 3.8) is 0 Å². The molecule has 0 saturated carbocycles. The maximum atomic E-state index is 5.77. The molecule has 0 N–H and O–H groups in total. The number of hydrogen-bond donors (Lipinski definition) is 0. The smallest absolute Gasteiger partial charge is 0.496 e. The van der Waals surface area contributed by atoms with Crippen molar-refractivity contribution >= 4 is 36.4 Å². The Morgan fingerprint density at radius 2 is 1.32 bits per heavy atom. The maximum absolute atomic E-state index is 5.77. The van der Waals surface area contributed by atoms with E-state index < -0.39 is 8.80 Å². The summed E-state index contributed by atoms with van der Waals surface area (Å²) in [6.07, 6.45) is 10.9. The average molecular weight is 876 g/mol. The van der Waals surface area contributed by atoms with Gasteiger partial charge in [0.2, 0.25) is 0 Å². The first-order valence-corrected chi connectivity index (χ1v) is 24.1. The topological polar surface area (TPSA) is 9.23 Å². The number of unbranched alkanes of at least 4 members (excludes halogenated alkanes) is 3. The Morgan fingerprint density at radius 1 is 0.678 bits per heavy atom. The summed E-state index contributed by atoms with van der Waals surface area (Å²) in [5.41, 5.74) is 14.9. The van der Waals surface area contributed by atoms with E-state index in [0.717, 1.165) is 12.2 Å². The Labute approximate surface area is 379 Å². The summed E-state index contributed by atoms with van der Waals surface area (Å²) in [4.78, 5) is 0. The number of rotatable bonds is 14. The van der Waals surface area contributed by atoms with E-state index in [0.29, 0.717) is 11.8 Å². The van der Waals surface area contributed by atoms with E-state index in [9.17, 15) is 0 Å². The van der Waals surface area contributed by atoms with Crippen molar-refractivity contribution in [2.24, 2.45) is 0 Å². The molecule has 7 rings (SSSR count). The first-order valence-electron chi connectivity index (χ1n) is 21.6. The van der Waals surface area contributed by atoms with E-state index >= 15 is 0 Å². The van der Waals surface area contributed by atoms with Crippen LogP contribution < -0.4 is 9.92 Å². The van der Waals surface area contributed by atoms with Crippen LogP contribution in [-0.2, 0) is 38.0 Å². The zero-order chi connectivity index (χ0) is 40.7. The molecule has 1 atom stereocenters. The van der Waals surface area contributed by atoms with Gasteiger partial charge in [-0.15, -0.1) is 39.1 Å². The quantitative estimate of drug-likeness (QED) is 0.0602. The molecule has 1 unspecified atom stereocenters. The number of aryl methyl sites for hydroxylation is 1. The third-order valence-electron chi connectivity index (χ3n) is 12.0. The van der Waals surface area contributed by atoms with Crippen molar-refractivity contribution in [2.45, 2.75) is 117 Å². The van der Waals surface area contributed by atoms with Gasteiger partial charge in [0.25, 0.3) is 0 Å². The van der Waals surface area contributed by atoms with Crippen LogP contribution in [0.25, 0.3) is 44.7 Å². The van der Waals surface area contributed by atoms with Crippen LogP contribution in [0.4, 0.5) is 0 Å². The Morgan fingerprint density at radius 3 is 1.97 bits per heavy atom. The molecule has 1 aliphatic rings. The Bertz CT molecular complexity index is 2290. The fraction of sp³-hybridized carbons (Fsp3) is 0.339. The summed E-state index contributed by atoms with van der Waals surface area (Å²) >= 11 is 0. The normalized spacial score (nSPS) is 14.4. The van der Waals surface area contributed by atoms with E-state index in [1.807, 2.05) is 0 Å². The number of benzene rings is 5. The minimum absolute atomic E-state index is 0. The summed E-state index contributed by atoms with van der Waals surface area (Å²) in [6, 6.07) is 42.2. The van der Waals surface area contributed by atoms with Gasteiger partial charge < -0.3 is 19.1 Å². The third kappa shape index (κ3) is 10.1. The van der Waals surface area contributed by atoms with Crippen LogP contribution in [0.2, 0.25) is 13.1 Å². The second-order valence-electron chi connectivity index (χ2n) is 17.0. The molecule has 1 aliphatic carbocycles. The summed E-state index contributed by atoms with van der Waals surface area (Å²) in [5.74, 6) is 1.88. The number of ether oxygens (including phenoxy) is 1. The summed E-state index contributed by atoms with van der Waals surface area (Å²) in [6.45, 7) is 23.4. The molecule has 59 heavy (non-hydrogen) atoms. The molecular weight excluding hydrogens is 808 g/mol. The largest absolute Gasteiger partial charge is 3.00 e. The zero-order valence-corrected chi connectivity index (χ0v) is 41.2. The van der Waals surface area contributed by atoms with Crippen molar-refractivity contribution in [2.75, 3.05) is 7.11 Å². The molecule has 0 amide bonds. The molecule has 0 saturated heterocycles. The van der Waals surface area contributed by atoms with Gasteiger partial charge in [-0.25, -0.2) is 0 Å².